The number of hydrogen-bond donors (Lipinski definition) is 1. The number of likely N-dealkylation sites (N-methyl/N-ethyl adjacent to an activating group) is 1. The summed E-state index contributed by atoms with van der Waals surface area (Å²) in [5.74, 6) is 0. The summed E-state index contributed by atoms with van der Waals surface area (Å²) in [5, 5.41) is 9.87. The minimum atomic E-state index is 0.165. The van der Waals surface area contributed by atoms with Crippen molar-refractivity contribution in [1.29, 1.82) is 0 Å². The van der Waals surface area contributed by atoms with Gasteiger partial charge in [0.25, 0.3) is 0 Å². The molecule has 0 unspecified atom stereocenters. The van der Waals surface area contributed by atoms with Gasteiger partial charge in [0.1, 0.15) is 0 Å². The Balaban J connectivity index is 2.63. The van der Waals surface area contributed by atoms with Crippen LogP contribution in [0.1, 0.15) is 5.56 Å². The molecule has 0 heterocycles. The topological polar surface area (TPSA) is 23.5 Å². The minimum absolute atomic E-state index is 0.165. The van der Waals surface area contributed by atoms with Gasteiger partial charge in [-0.15, -0.1) is 0 Å². The standard InChI is InChI=1S/C10H13Cl2NO/c1-13(4-5-14)7-8-2-3-9(11)10(12)6-8/h2-3,6,14H,4-5,7H2,1H3. The number of halogens is 2. The molecule has 0 aliphatic rings. The summed E-state index contributed by atoms with van der Waals surface area (Å²) in [6, 6.07) is 5.56. The summed E-state index contributed by atoms with van der Waals surface area (Å²) in [7, 11) is 1.94. The van der Waals surface area contributed by atoms with E-state index in [0.29, 0.717) is 16.6 Å². The molecule has 78 valence electrons. The van der Waals surface area contributed by atoms with E-state index in [1.807, 2.05) is 24.1 Å². The van der Waals surface area contributed by atoms with Crippen LogP contribution in [0.2, 0.25) is 10.0 Å². The molecule has 0 bridgehead atoms. The van der Waals surface area contributed by atoms with Crippen LogP contribution in [-0.4, -0.2) is 30.2 Å². The van der Waals surface area contributed by atoms with Crippen molar-refractivity contribution in [1.82, 2.24) is 4.90 Å². The highest BCUT2D eigenvalue weighted by molar-refractivity contribution is 6.42. The Kier molecular flexibility index (Phi) is 4.69. The summed E-state index contributed by atoms with van der Waals surface area (Å²) in [4.78, 5) is 2.01. The van der Waals surface area contributed by atoms with Gasteiger partial charge in [0, 0.05) is 13.1 Å². The maximum atomic E-state index is 8.72. The van der Waals surface area contributed by atoms with Crippen molar-refractivity contribution < 1.29 is 5.11 Å². The molecule has 0 spiro atoms. The van der Waals surface area contributed by atoms with Gasteiger partial charge in [-0.1, -0.05) is 29.3 Å². The third-order valence-corrected chi connectivity index (χ3v) is 2.66. The molecular formula is C10H13Cl2NO. The Labute approximate surface area is 94.1 Å². The normalized spacial score (nSPS) is 10.9. The molecular weight excluding hydrogens is 221 g/mol. The first-order valence-electron chi connectivity index (χ1n) is 4.37. The van der Waals surface area contributed by atoms with Crippen molar-refractivity contribution in [2.75, 3.05) is 20.2 Å². The van der Waals surface area contributed by atoms with Gasteiger partial charge in [0.2, 0.25) is 0 Å². The van der Waals surface area contributed by atoms with E-state index in [1.54, 1.807) is 6.07 Å². The van der Waals surface area contributed by atoms with Crippen LogP contribution in [-0.2, 0) is 6.54 Å². The third kappa shape index (κ3) is 3.46. The van der Waals surface area contributed by atoms with E-state index in [-0.39, 0.29) is 6.61 Å². The lowest BCUT2D eigenvalue weighted by atomic mass is 10.2. The Bertz CT molecular complexity index is 304. The van der Waals surface area contributed by atoms with Crippen LogP contribution in [0.5, 0.6) is 0 Å². The summed E-state index contributed by atoms with van der Waals surface area (Å²) in [5.41, 5.74) is 1.09. The van der Waals surface area contributed by atoms with Crippen LogP contribution in [0.25, 0.3) is 0 Å². The van der Waals surface area contributed by atoms with Crippen LogP contribution in [0.4, 0.5) is 0 Å². The Morgan fingerprint density at radius 1 is 1.29 bits per heavy atom. The molecule has 0 atom stereocenters. The maximum absolute atomic E-state index is 8.72. The van der Waals surface area contributed by atoms with E-state index in [0.717, 1.165) is 12.1 Å². The van der Waals surface area contributed by atoms with Crippen molar-refractivity contribution in [3.05, 3.63) is 33.8 Å². The fraction of sp³-hybridized carbons (Fsp3) is 0.400. The summed E-state index contributed by atoms with van der Waals surface area (Å²) in [6.45, 7) is 1.58. The van der Waals surface area contributed by atoms with Crippen molar-refractivity contribution in [2.45, 2.75) is 6.54 Å². The SMILES string of the molecule is CN(CCO)Cc1ccc(Cl)c(Cl)c1. The highest BCUT2D eigenvalue weighted by atomic mass is 35.5. The van der Waals surface area contributed by atoms with Gasteiger partial charge < -0.3 is 5.11 Å². The van der Waals surface area contributed by atoms with Gasteiger partial charge in [-0.2, -0.15) is 0 Å². The van der Waals surface area contributed by atoms with Gasteiger partial charge in [-0.25, -0.2) is 0 Å². The molecule has 1 rings (SSSR count). The van der Waals surface area contributed by atoms with Gasteiger partial charge in [-0.3, -0.25) is 4.90 Å². The molecule has 0 fully saturated rings. The summed E-state index contributed by atoms with van der Waals surface area (Å²) >= 11 is 11.7. The second-order valence-corrected chi connectivity index (χ2v) is 4.02. The molecule has 0 aliphatic heterocycles. The molecule has 4 heteroatoms. The molecule has 0 radical (unpaired) electrons. The molecule has 0 aromatic heterocycles. The van der Waals surface area contributed by atoms with E-state index >= 15 is 0 Å². The number of rotatable bonds is 4. The Morgan fingerprint density at radius 2 is 2.00 bits per heavy atom. The number of aliphatic hydroxyl groups is 1. The predicted molar refractivity (Wildman–Crippen MR) is 59.9 cm³/mol. The summed E-state index contributed by atoms with van der Waals surface area (Å²) < 4.78 is 0. The van der Waals surface area contributed by atoms with E-state index < -0.39 is 0 Å². The zero-order valence-electron chi connectivity index (χ0n) is 8.00. The monoisotopic (exact) mass is 233 g/mol. The average Bonchev–Trinajstić information content (AvgIpc) is 2.12. The number of benzene rings is 1. The first-order valence-corrected chi connectivity index (χ1v) is 5.12. The smallest absolute Gasteiger partial charge is 0.0595 e. The second-order valence-electron chi connectivity index (χ2n) is 3.21. The average molecular weight is 234 g/mol. The van der Waals surface area contributed by atoms with E-state index in [4.69, 9.17) is 28.3 Å². The molecule has 1 N–H and O–H groups in total. The Morgan fingerprint density at radius 3 is 2.57 bits per heavy atom. The number of nitrogens with zero attached hydrogens (tertiary/aromatic N) is 1. The molecule has 14 heavy (non-hydrogen) atoms. The molecule has 0 saturated carbocycles. The van der Waals surface area contributed by atoms with Gasteiger partial charge in [0.05, 0.1) is 16.7 Å². The van der Waals surface area contributed by atoms with Gasteiger partial charge >= 0.3 is 0 Å². The molecule has 2 nitrogen and oxygen atoms in total. The molecule has 1 aromatic rings. The fourth-order valence-corrected chi connectivity index (χ4v) is 1.52. The lowest BCUT2D eigenvalue weighted by Gasteiger charge is -2.15. The van der Waals surface area contributed by atoms with Crippen LogP contribution >= 0.6 is 23.2 Å². The quantitative estimate of drug-likeness (QED) is 0.864. The second kappa shape index (κ2) is 5.56. The summed E-state index contributed by atoms with van der Waals surface area (Å²) in [6.07, 6.45) is 0. The first kappa shape index (κ1) is 11.8. The molecule has 0 aliphatic carbocycles. The van der Waals surface area contributed by atoms with Gasteiger partial charge in [-0.05, 0) is 24.7 Å². The largest absolute Gasteiger partial charge is 0.395 e. The fourth-order valence-electron chi connectivity index (χ4n) is 1.20. The van der Waals surface area contributed by atoms with E-state index in [2.05, 4.69) is 0 Å². The highest BCUT2D eigenvalue weighted by Crippen LogP contribution is 2.22. The minimum Gasteiger partial charge on any atom is -0.395 e. The van der Waals surface area contributed by atoms with Crippen molar-refractivity contribution >= 4 is 23.2 Å². The Hall–Kier alpha value is -0.280. The lowest BCUT2D eigenvalue weighted by Crippen LogP contribution is -2.21. The van der Waals surface area contributed by atoms with E-state index in [1.165, 1.54) is 0 Å². The predicted octanol–water partition coefficient (Wildman–Crippen LogP) is 2.42. The molecule has 1 aromatic carbocycles. The van der Waals surface area contributed by atoms with Crippen LogP contribution in [0.3, 0.4) is 0 Å². The zero-order valence-corrected chi connectivity index (χ0v) is 9.52. The van der Waals surface area contributed by atoms with Gasteiger partial charge in [0.15, 0.2) is 0 Å². The van der Waals surface area contributed by atoms with Crippen LogP contribution in [0.15, 0.2) is 18.2 Å². The van der Waals surface area contributed by atoms with Crippen LogP contribution < -0.4 is 0 Å². The number of hydrogen-bond acceptors (Lipinski definition) is 2. The first-order chi connectivity index (χ1) is 6.63. The van der Waals surface area contributed by atoms with Crippen molar-refractivity contribution in [3.63, 3.8) is 0 Å². The third-order valence-electron chi connectivity index (χ3n) is 1.92. The van der Waals surface area contributed by atoms with Crippen molar-refractivity contribution in [2.24, 2.45) is 0 Å². The molecule has 0 saturated heterocycles. The zero-order chi connectivity index (χ0) is 10.6. The lowest BCUT2D eigenvalue weighted by molar-refractivity contribution is 0.217. The molecule has 0 amide bonds. The number of aliphatic hydroxyl groups excluding tert-OH is 1. The maximum Gasteiger partial charge on any atom is 0.0595 e. The van der Waals surface area contributed by atoms with E-state index in [9.17, 15) is 0 Å². The highest BCUT2D eigenvalue weighted by Gasteiger charge is 2.02. The van der Waals surface area contributed by atoms with Crippen molar-refractivity contribution in [3.8, 4) is 0 Å². The van der Waals surface area contributed by atoms with Crippen LogP contribution in [0, 0.1) is 0 Å².